The molecule has 1 aromatic carbocycles. The highest BCUT2D eigenvalue weighted by Gasteiger charge is 2.26. The SMILES string of the molecule is CCOP(=O)(O/C=C(/C1=CCCC1)c1ccc(OC)cc1)OCC. The molecule has 1 aliphatic rings. The molecule has 0 saturated heterocycles. The first kappa shape index (κ1) is 18.8. The topological polar surface area (TPSA) is 54.0 Å². The van der Waals surface area contributed by atoms with Gasteiger partial charge in [0.15, 0.2) is 0 Å². The van der Waals surface area contributed by atoms with Crippen LogP contribution in [0.4, 0.5) is 0 Å². The lowest BCUT2D eigenvalue weighted by atomic mass is 9.99. The Morgan fingerprint density at radius 2 is 1.83 bits per heavy atom. The van der Waals surface area contributed by atoms with Crippen LogP contribution in [0.5, 0.6) is 5.75 Å². The highest BCUT2D eigenvalue weighted by molar-refractivity contribution is 7.48. The van der Waals surface area contributed by atoms with Crippen molar-refractivity contribution in [2.75, 3.05) is 20.3 Å². The third-order valence-electron chi connectivity index (χ3n) is 3.66. The minimum absolute atomic E-state index is 0.256. The first-order valence-electron chi connectivity index (χ1n) is 8.23. The molecule has 1 aromatic rings. The van der Waals surface area contributed by atoms with Crippen LogP contribution in [-0.2, 0) is 18.1 Å². The lowest BCUT2D eigenvalue weighted by molar-refractivity contribution is 0.154. The van der Waals surface area contributed by atoms with Crippen molar-refractivity contribution >= 4 is 13.4 Å². The summed E-state index contributed by atoms with van der Waals surface area (Å²) in [5.74, 6) is 0.786. The van der Waals surface area contributed by atoms with Gasteiger partial charge in [0.25, 0.3) is 0 Å². The van der Waals surface area contributed by atoms with Crippen molar-refractivity contribution in [1.82, 2.24) is 0 Å². The third kappa shape index (κ3) is 4.97. The van der Waals surface area contributed by atoms with Gasteiger partial charge in [-0.25, -0.2) is 4.57 Å². The fourth-order valence-electron chi connectivity index (χ4n) is 2.55. The van der Waals surface area contributed by atoms with Crippen LogP contribution in [0.3, 0.4) is 0 Å². The average molecular weight is 352 g/mol. The van der Waals surface area contributed by atoms with Crippen LogP contribution >= 0.6 is 7.82 Å². The van der Waals surface area contributed by atoms with Crippen molar-refractivity contribution in [3.8, 4) is 5.75 Å². The molecule has 24 heavy (non-hydrogen) atoms. The van der Waals surface area contributed by atoms with E-state index in [1.54, 1.807) is 21.0 Å². The van der Waals surface area contributed by atoms with E-state index in [0.29, 0.717) is 0 Å². The lowest BCUT2D eigenvalue weighted by Gasteiger charge is -2.17. The van der Waals surface area contributed by atoms with Gasteiger partial charge in [-0.1, -0.05) is 18.2 Å². The molecule has 0 heterocycles. The molecule has 0 saturated carbocycles. The molecule has 0 unspecified atom stereocenters. The second kappa shape index (κ2) is 9.07. The van der Waals surface area contributed by atoms with Crippen molar-refractivity contribution in [1.29, 1.82) is 0 Å². The monoisotopic (exact) mass is 352 g/mol. The Hall–Kier alpha value is -1.55. The quantitative estimate of drug-likeness (QED) is 0.443. The number of hydrogen-bond acceptors (Lipinski definition) is 5. The molecule has 2 rings (SSSR count). The lowest BCUT2D eigenvalue weighted by Crippen LogP contribution is -1.98. The fraction of sp³-hybridized carbons (Fsp3) is 0.444. The van der Waals surface area contributed by atoms with Crippen molar-refractivity contribution < 1.29 is 22.9 Å². The molecule has 0 aliphatic heterocycles. The molecule has 0 spiro atoms. The van der Waals surface area contributed by atoms with E-state index < -0.39 is 7.82 Å². The van der Waals surface area contributed by atoms with Gasteiger partial charge in [-0.05, 0) is 56.4 Å². The Morgan fingerprint density at radius 3 is 2.33 bits per heavy atom. The van der Waals surface area contributed by atoms with E-state index in [1.807, 2.05) is 24.3 Å². The molecule has 0 radical (unpaired) electrons. The van der Waals surface area contributed by atoms with Gasteiger partial charge in [0.05, 0.1) is 20.3 Å². The van der Waals surface area contributed by atoms with Crippen molar-refractivity contribution in [3.63, 3.8) is 0 Å². The minimum atomic E-state index is -3.58. The Morgan fingerprint density at radius 1 is 1.17 bits per heavy atom. The van der Waals surface area contributed by atoms with E-state index in [-0.39, 0.29) is 13.2 Å². The average Bonchev–Trinajstić information content (AvgIpc) is 3.10. The standard InChI is InChI=1S/C18H25O5P/c1-4-21-24(19,22-5-2)23-14-18(15-8-6-7-9-15)16-10-12-17(20-3)13-11-16/h8,10-14H,4-7,9H2,1-3H3/b18-14-. The Labute approximate surface area is 143 Å². The van der Waals surface area contributed by atoms with Gasteiger partial charge in [0.2, 0.25) is 0 Å². The predicted molar refractivity (Wildman–Crippen MR) is 94.8 cm³/mol. The second-order valence-corrected chi connectivity index (χ2v) is 6.89. The van der Waals surface area contributed by atoms with Gasteiger partial charge in [0, 0.05) is 5.57 Å². The van der Waals surface area contributed by atoms with Crippen LogP contribution in [0.1, 0.15) is 38.7 Å². The molecule has 0 fully saturated rings. The zero-order chi connectivity index (χ0) is 17.4. The number of ether oxygens (including phenoxy) is 1. The molecular weight excluding hydrogens is 327 g/mol. The smallest absolute Gasteiger partial charge is 0.497 e. The van der Waals surface area contributed by atoms with Crippen LogP contribution in [-0.4, -0.2) is 20.3 Å². The molecule has 0 atom stereocenters. The Kier molecular flexibility index (Phi) is 7.10. The van der Waals surface area contributed by atoms with E-state index in [0.717, 1.165) is 36.1 Å². The zero-order valence-corrected chi connectivity index (χ0v) is 15.4. The molecular formula is C18H25O5P. The minimum Gasteiger partial charge on any atom is -0.497 e. The molecule has 1 aliphatic carbocycles. The summed E-state index contributed by atoms with van der Waals surface area (Å²) in [4.78, 5) is 0. The summed E-state index contributed by atoms with van der Waals surface area (Å²) in [6.07, 6.45) is 6.81. The molecule has 0 amide bonds. The van der Waals surface area contributed by atoms with E-state index in [2.05, 4.69) is 6.08 Å². The van der Waals surface area contributed by atoms with Gasteiger partial charge in [-0.2, -0.15) is 0 Å². The highest BCUT2D eigenvalue weighted by atomic mass is 31.2. The van der Waals surface area contributed by atoms with Crippen molar-refractivity contribution in [2.45, 2.75) is 33.1 Å². The highest BCUT2D eigenvalue weighted by Crippen LogP contribution is 2.50. The van der Waals surface area contributed by atoms with Gasteiger partial charge in [-0.3, -0.25) is 9.05 Å². The van der Waals surface area contributed by atoms with Gasteiger partial charge >= 0.3 is 7.82 Å². The largest absolute Gasteiger partial charge is 0.529 e. The molecule has 0 bridgehead atoms. The van der Waals surface area contributed by atoms with Crippen LogP contribution in [0.25, 0.3) is 5.57 Å². The fourth-order valence-corrected chi connectivity index (χ4v) is 3.61. The van der Waals surface area contributed by atoms with E-state index >= 15 is 0 Å². The Balaban J connectivity index is 2.29. The summed E-state index contributed by atoms with van der Waals surface area (Å²) in [5.41, 5.74) is 3.05. The van der Waals surface area contributed by atoms with Crippen LogP contribution in [0.15, 0.2) is 42.2 Å². The maximum absolute atomic E-state index is 12.5. The number of benzene rings is 1. The van der Waals surface area contributed by atoms with E-state index in [4.69, 9.17) is 18.3 Å². The number of phosphoric acid groups is 1. The summed E-state index contributed by atoms with van der Waals surface area (Å²) in [7, 11) is -1.94. The molecule has 5 nitrogen and oxygen atoms in total. The molecule has 0 aromatic heterocycles. The first-order valence-corrected chi connectivity index (χ1v) is 9.69. The molecule has 6 heteroatoms. The zero-order valence-electron chi connectivity index (χ0n) is 14.5. The predicted octanol–water partition coefficient (Wildman–Crippen LogP) is 5.34. The summed E-state index contributed by atoms with van der Waals surface area (Å²) >= 11 is 0. The van der Waals surface area contributed by atoms with E-state index in [9.17, 15) is 4.57 Å². The van der Waals surface area contributed by atoms with E-state index in [1.165, 1.54) is 11.8 Å². The summed E-state index contributed by atoms with van der Waals surface area (Å²) in [6.45, 7) is 4.02. The number of phosphoric ester groups is 1. The summed E-state index contributed by atoms with van der Waals surface area (Å²) in [6, 6.07) is 7.70. The van der Waals surface area contributed by atoms with Crippen molar-refractivity contribution in [3.05, 3.63) is 47.7 Å². The second-order valence-electron chi connectivity index (χ2n) is 5.27. The summed E-state index contributed by atoms with van der Waals surface area (Å²) < 4.78 is 33.6. The van der Waals surface area contributed by atoms with Crippen LogP contribution < -0.4 is 4.74 Å². The maximum Gasteiger partial charge on any atom is 0.529 e. The summed E-state index contributed by atoms with van der Waals surface area (Å²) in [5, 5.41) is 0. The number of hydrogen-bond donors (Lipinski definition) is 0. The van der Waals surface area contributed by atoms with Gasteiger partial charge in [-0.15, -0.1) is 0 Å². The number of methoxy groups -OCH3 is 1. The first-order chi connectivity index (χ1) is 11.6. The normalized spacial score (nSPS) is 15.3. The number of allylic oxidation sites excluding steroid dienone is 3. The van der Waals surface area contributed by atoms with Gasteiger partial charge in [0.1, 0.15) is 12.0 Å². The van der Waals surface area contributed by atoms with Crippen LogP contribution in [0.2, 0.25) is 0 Å². The maximum atomic E-state index is 12.5. The molecule has 0 N–H and O–H groups in total. The van der Waals surface area contributed by atoms with Crippen molar-refractivity contribution in [2.24, 2.45) is 0 Å². The Bertz CT molecular complexity index is 623. The molecule has 132 valence electrons. The van der Waals surface area contributed by atoms with Gasteiger partial charge < -0.3 is 9.26 Å². The van der Waals surface area contributed by atoms with Crippen LogP contribution in [0, 0.1) is 0 Å². The number of rotatable bonds is 9. The third-order valence-corrected chi connectivity index (χ3v) is 5.17.